The van der Waals surface area contributed by atoms with E-state index in [2.05, 4.69) is 15.4 Å². The van der Waals surface area contributed by atoms with Crippen molar-refractivity contribution in [2.24, 2.45) is 0 Å². The highest BCUT2D eigenvalue weighted by atomic mass is 32.2. The van der Waals surface area contributed by atoms with Crippen LogP contribution in [-0.2, 0) is 16.6 Å². The third-order valence-corrected chi connectivity index (χ3v) is 7.11. The number of carbonyl (C=O) groups is 1. The Bertz CT molecular complexity index is 1160. The van der Waals surface area contributed by atoms with Crippen molar-refractivity contribution in [2.45, 2.75) is 30.7 Å². The van der Waals surface area contributed by atoms with Crippen LogP contribution in [0.5, 0.6) is 0 Å². The summed E-state index contributed by atoms with van der Waals surface area (Å²) in [5.41, 5.74) is 1.77. The number of amides is 1. The Balaban J connectivity index is 1.46. The van der Waals surface area contributed by atoms with Gasteiger partial charge in [-0.25, -0.2) is 22.5 Å². The van der Waals surface area contributed by atoms with Gasteiger partial charge in [-0.05, 0) is 48.7 Å². The Morgan fingerprint density at radius 1 is 1.06 bits per heavy atom. The maximum Gasteiger partial charge on any atom is 0.251 e. The minimum Gasteiger partial charge on any atom is -0.348 e. The molecular formula is C21H22FN5O3S. The molecule has 31 heavy (non-hydrogen) atoms. The quantitative estimate of drug-likeness (QED) is 0.631. The molecule has 4 rings (SSSR count). The number of sulfonamides is 1. The topological polar surface area (TPSA) is 97.2 Å². The van der Waals surface area contributed by atoms with Crippen LogP contribution in [-0.4, -0.2) is 46.5 Å². The predicted molar refractivity (Wildman–Crippen MR) is 112 cm³/mol. The van der Waals surface area contributed by atoms with Crippen LogP contribution in [0.15, 0.2) is 60.0 Å². The average Bonchev–Trinajstić information content (AvgIpc) is 3.33. The second-order valence-corrected chi connectivity index (χ2v) is 9.21. The smallest absolute Gasteiger partial charge is 0.251 e. The van der Waals surface area contributed by atoms with Gasteiger partial charge in [-0.15, -0.1) is 0 Å². The molecule has 0 radical (unpaired) electrons. The normalized spacial score (nSPS) is 15.0. The molecule has 0 aliphatic carbocycles. The number of nitrogens with one attached hydrogen (secondary N) is 1. The van der Waals surface area contributed by atoms with E-state index in [0.717, 1.165) is 42.6 Å². The first-order chi connectivity index (χ1) is 14.9. The molecule has 1 aromatic heterocycles. The van der Waals surface area contributed by atoms with Gasteiger partial charge in [0, 0.05) is 25.2 Å². The fourth-order valence-corrected chi connectivity index (χ4v) is 5.09. The summed E-state index contributed by atoms with van der Waals surface area (Å²) >= 11 is 0. The highest BCUT2D eigenvalue weighted by Gasteiger charge is 2.29. The van der Waals surface area contributed by atoms with E-state index >= 15 is 0 Å². The molecule has 1 amide bonds. The number of nitrogens with zero attached hydrogens (tertiary/aromatic N) is 4. The van der Waals surface area contributed by atoms with Gasteiger partial charge in [0.15, 0.2) is 0 Å². The van der Waals surface area contributed by atoms with Crippen LogP contribution in [0.25, 0.3) is 5.69 Å². The summed E-state index contributed by atoms with van der Waals surface area (Å²) in [6, 6.07) is 10.8. The van der Waals surface area contributed by atoms with Gasteiger partial charge in [-0.3, -0.25) is 4.79 Å². The second-order valence-electron chi connectivity index (χ2n) is 7.30. The Kier molecular flexibility index (Phi) is 6.10. The van der Waals surface area contributed by atoms with E-state index in [9.17, 15) is 17.6 Å². The van der Waals surface area contributed by atoms with Gasteiger partial charge in [0.2, 0.25) is 10.0 Å². The van der Waals surface area contributed by atoms with E-state index in [1.54, 1.807) is 11.0 Å². The molecule has 1 aliphatic rings. The number of piperidine rings is 1. The van der Waals surface area contributed by atoms with Crippen molar-refractivity contribution in [3.05, 3.63) is 72.1 Å². The van der Waals surface area contributed by atoms with Crippen molar-refractivity contribution in [1.82, 2.24) is 24.4 Å². The van der Waals surface area contributed by atoms with Crippen molar-refractivity contribution in [2.75, 3.05) is 13.1 Å². The number of rotatable bonds is 6. The molecule has 10 heteroatoms. The highest BCUT2D eigenvalue weighted by molar-refractivity contribution is 7.89. The molecule has 1 N–H and O–H groups in total. The maximum atomic E-state index is 14.3. The SMILES string of the molecule is O=C(NCc1ccc(-n2cncn2)cc1)c1ccc(F)c(S(=O)(=O)N2CCCCC2)c1. The standard InChI is InChI=1S/C21H22FN5O3S/c22-19-9-6-17(12-20(19)31(29,30)26-10-2-1-3-11-26)21(28)24-13-16-4-7-18(8-5-16)27-15-23-14-25-27/h4-9,12,14-15H,1-3,10-11,13H2,(H,24,28). The first-order valence-corrected chi connectivity index (χ1v) is 11.4. The summed E-state index contributed by atoms with van der Waals surface area (Å²) in [6.45, 7) is 0.966. The van der Waals surface area contributed by atoms with E-state index < -0.39 is 26.6 Å². The molecule has 2 aromatic carbocycles. The fourth-order valence-electron chi connectivity index (χ4n) is 3.48. The van der Waals surface area contributed by atoms with Crippen molar-refractivity contribution in [3.63, 3.8) is 0 Å². The Morgan fingerprint density at radius 3 is 2.48 bits per heavy atom. The maximum absolute atomic E-state index is 14.3. The van der Waals surface area contributed by atoms with E-state index in [1.165, 1.54) is 16.7 Å². The highest BCUT2D eigenvalue weighted by Crippen LogP contribution is 2.24. The minimum atomic E-state index is -3.98. The van der Waals surface area contributed by atoms with Gasteiger partial charge in [-0.1, -0.05) is 18.6 Å². The molecular weight excluding hydrogens is 421 g/mol. The molecule has 0 saturated carbocycles. The lowest BCUT2D eigenvalue weighted by molar-refractivity contribution is 0.0950. The number of aromatic nitrogens is 3. The van der Waals surface area contributed by atoms with E-state index in [-0.39, 0.29) is 12.1 Å². The van der Waals surface area contributed by atoms with Crippen LogP contribution >= 0.6 is 0 Å². The van der Waals surface area contributed by atoms with Gasteiger partial charge in [0.25, 0.3) is 5.91 Å². The van der Waals surface area contributed by atoms with Crippen molar-refractivity contribution < 1.29 is 17.6 Å². The monoisotopic (exact) mass is 443 g/mol. The summed E-state index contributed by atoms with van der Waals surface area (Å²) in [4.78, 5) is 16.0. The van der Waals surface area contributed by atoms with Crippen molar-refractivity contribution in [3.8, 4) is 5.69 Å². The molecule has 1 saturated heterocycles. The van der Waals surface area contributed by atoms with Crippen LogP contribution in [0.1, 0.15) is 35.2 Å². The van der Waals surface area contributed by atoms with E-state index in [4.69, 9.17) is 0 Å². The summed E-state index contributed by atoms with van der Waals surface area (Å²) in [7, 11) is -3.98. The first kappa shape index (κ1) is 21.1. The van der Waals surface area contributed by atoms with E-state index in [0.29, 0.717) is 13.1 Å². The molecule has 0 atom stereocenters. The lowest BCUT2D eigenvalue weighted by Crippen LogP contribution is -2.36. The third-order valence-electron chi connectivity index (χ3n) is 5.20. The zero-order chi connectivity index (χ0) is 21.8. The van der Waals surface area contributed by atoms with Crippen molar-refractivity contribution in [1.29, 1.82) is 0 Å². The molecule has 0 unspecified atom stereocenters. The number of hydrogen-bond donors (Lipinski definition) is 1. The Morgan fingerprint density at radius 2 is 1.81 bits per heavy atom. The minimum absolute atomic E-state index is 0.0937. The molecule has 1 fully saturated rings. The lowest BCUT2D eigenvalue weighted by atomic mass is 10.2. The van der Waals surface area contributed by atoms with Gasteiger partial charge in [-0.2, -0.15) is 9.40 Å². The Labute approximate surface area is 179 Å². The summed E-state index contributed by atoms with van der Waals surface area (Å²) < 4.78 is 42.9. The average molecular weight is 444 g/mol. The van der Waals surface area contributed by atoms with Crippen molar-refractivity contribution >= 4 is 15.9 Å². The molecule has 8 nitrogen and oxygen atoms in total. The fraction of sp³-hybridized carbons (Fsp3) is 0.286. The van der Waals surface area contributed by atoms with Crippen LogP contribution in [0.4, 0.5) is 4.39 Å². The first-order valence-electron chi connectivity index (χ1n) is 9.97. The number of hydrogen-bond acceptors (Lipinski definition) is 5. The summed E-state index contributed by atoms with van der Waals surface area (Å²) in [5.74, 6) is -1.33. The molecule has 1 aliphatic heterocycles. The van der Waals surface area contributed by atoms with Crippen LogP contribution in [0, 0.1) is 5.82 Å². The van der Waals surface area contributed by atoms with Gasteiger partial charge < -0.3 is 5.32 Å². The Hall–Kier alpha value is -3.11. The van der Waals surface area contributed by atoms with Crippen LogP contribution in [0.3, 0.4) is 0 Å². The van der Waals surface area contributed by atoms with Gasteiger partial charge in [0.05, 0.1) is 5.69 Å². The second kappa shape index (κ2) is 8.94. The summed E-state index contributed by atoms with van der Waals surface area (Å²) in [6.07, 6.45) is 5.47. The van der Waals surface area contributed by atoms with Crippen LogP contribution in [0.2, 0.25) is 0 Å². The molecule has 162 valence electrons. The zero-order valence-electron chi connectivity index (χ0n) is 16.7. The molecule has 0 spiro atoms. The largest absolute Gasteiger partial charge is 0.348 e. The van der Waals surface area contributed by atoms with Gasteiger partial charge >= 0.3 is 0 Å². The molecule has 3 aromatic rings. The van der Waals surface area contributed by atoms with Gasteiger partial charge in [0.1, 0.15) is 23.4 Å². The number of carbonyl (C=O) groups excluding carboxylic acids is 1. The predicted octanol–water partition coefficient (Wildman–Crippen LogP) is 2.51. The number of halogens is 1. The lowest BCUT2D eigenvalue weighted by Gasteiger charge is -2.26. The van der Waals surface area contributed by atoms with Crippen LogP contribution < -0.4 is 5.32 Å². The van der Waals surface area contributed by atoms with E-state index in [1.807, 2.05) is 24.3 Å². The summed E-state index contributed by atoms with van der Waals surface area (Å²) in [5, 5.41) is 6.79. The molecule has 0 bridgehead atoms. The molecule has 2 heterocycles. The third kappa shape index (κ3) is 4.64. The zero-order valence-corrected chi connectivity index (χ0v) is 17.6. The number of benzene rings is 2.